The summed E-state index contributed by atoms with van der Waals surface area (Å²) < 4.78 is 1.57. The standard InChI is InChI=1S/C20H29N3O3S/c1-13(2)23(14(3)4)18(25)15(5)27-20-21-17-10-7-6-9-16(17)19(26)22(20)11-8-12-24/h6-7,9-10,13-15,24H,8,11-12H2,1-5H3. The quantitative estimate of drug-likeness (QED) is 0.553. The zero-order chi connectivity index (χ0) is 20.1. The van der Waals surface area contributed by atoms with E-state index in [0.717, 1.165) is 0 Å². The molecule has 1 aromatic carbocycles. The number of carbonyl (C=O) groups is 1. The Bertz CT molecular complexity index is 840. The lowest BCUT2D eigenvalue weighted by molar-refractivity contribution is -0.133. The van der Waals surface area contributed by atoms with Gasteiger partial charge in [0.15, 0.2) is 5.16 Å². The highest BCUT2D eigenvalue weighted by atomic mass is 32.2. The summed E-state index contributed by atoms with van der Waals surface area (Å²) in [6.07, 6.45) is 0.458. The maximum atomic E-state index is 13.0. The molecule has 1 N–H and O–H groups in total. The second-order valence-corrected chi connectivity index (χ2v) is 8.45. The Balaban J connectivity index is 2.41. The number of hydrogen-bond acceptors (Lipinski definition) is 5. The number of aliphatic hydroxyl groups excluding tert-OH is 1. The summed E-state index contributed by atoms with van der Waals surface area (Å²) in [6, 6.07) is 7.41. The normalized spacial score (nSPS) is 12.7. The van der Waals surface area contributed by atoms with Gasteiger partial charge in [-0.25, -0.2) is 4.98 Å². The molecule has 148 valence electrons. The van der Waals surface area contributed by atoms with Crippen LogP contribution in [0.1, 0.15) is 41.0 Å². The maximum absolute atomic E-state index is 13.0. The Morgan fingerprint density at radius 1 is 1.19 bits per heavy atom. The van der Waals surface area contributed by atoms with Crippen LogP contribution in [-0.4, -0.2) is 49.4 Å². The minimum atomic E-state index is -0.372. The summed E-state index contributed by atoms with van der Waals surface area (Å²) >= 11 is 1.30. The molecule has 1 amide bonds. The van der Waals surface area contributed by atoms with Crippen molar-refractivity contribution in [1.82, 2.24) is 14.5 Å². The van der Waals surface area contributed by atoms with Gasteiger partial charge in [0.25, 0.3) is 5.56 Å². The van der Waals surface area contributed by atoms with Crippen LogP contribution >= 0.6 is 11.8 Å². The summed E-state index contributed by atoms with van der Waals surface area (Å²) in [5.41, 5.74) is 0.482. The smallest absolute Gasteiger partial charge is 0.262 e. The van der Waals surface area contributed by atoms with Crippen molar-refractivity contribution in [3.63, 3.8) is 0 Å². The third-order valence-corrected chi connectivity index (χ3v) is 5.44. The van der Waals surface area contributed by atoms with Crippen molar-refractivity contribution < 1.29 is 9.90 Å². The first-order valence-corrected chi connectivity index (χ1v) is 10.2. The number of amides is 1. The van der Waals surface area contributed by atoms with E-state index in [0.29, 0.717) is 29.0 Å². The van der Waals surface area contributed by atoms with Gasteiger partial charge in [0, 0.05) is 25.2 Å². The highest BCUT2D eigenvalue weighted by Crippen LogP contribution is 2.25. The molecule has 7 heteroatoms. The predicted octanol–water partition coefficient (Wildman–Crippen LogP) is 2.90. The summed E-state index contributed by atoms with van der Waals surface area (Å²) in [6.45, 7) is 10.2. The molecule has 0 radical (unpaired) electrons. The fourth-order valence-corrected chi connectivity index (χ4v) is 4.18. The molecule has 27 heavy (non-hydrogen) atoms. The van der Waals surface area contributed by atoms with Crippen LogP contribution in [0.5, 0.6) is 0 Å². The molecule has 0 saturated carbocycles. The number of fused-ring (bicyclic) bond motifs is 1. The molecule has 0 aliphatic rings. The summed E-state index contributed by atoms with van der Waals surface area (Å²) in [5, 5.41) is 9.87. The van der Waals surface area contributed by atoms with Gasteiger partial charge >= 0.3 is 0 Å². The average Bonchev–Trinajstić information content (AvgIpc) is 2.60. The van der Waals surface area contributed by atoms with Gasteiger partial charge in [-0.3, -0.25) is 14.2 Å². The van der Waals surface area contributed by atoms with Crippen molar-refractivity contribution in [1.29, 1.82) is 0 Å². The largest absolute Gasteiger partial charge is 0.396 e. The van der Waals surface area contributed by atoms with E-state index >= 15 is 0 Å². The molecule has 0 spiro atoms. The number of nitrogens with zero attached hydrogens (tertiary/aromatic N) is 3. The van der Waals surface area contributed by atoms with Crippen molar-refractivity contribution in [2.75, 3.05) is 6.61 Å². The van der Waals surface area contributed by atoms with Crippen LogP contribution in [0.2, 0.25) is 0 Å². The van der Waals surface area contributed by atoms with E-state index in [4.69, 9.17) is 0 Å². The molecule has 1 aromatic heterocycles. The van der Waals surface area contributed by atoms with Gasteiger partial charge in [-0.05, 0) is 53.2 Å². The molecule has 2 aromatic rings. The van der Waals surface area contributed by atoms with Crippen LogP contribution in [0.4, 0.5) is 0 Å². The Kier molecular flexibility index (Phi) is 7.44. The number of aliphatic hydroxyl groups is 1. The van der Waals surface area contributed by atoms with Gasteiger partial charge in [0.2, 0.25) is 5.91 Å². The van der Waals surface area contributed by atoms with Crippen molar-refractivity contribution in [3.05, 3.63) is 34.6 Å². The molecule has 0 fully saturated rings. The molecule has 0 bridgehead atoms. The minimum absolute atomic E-state index is 0.00760. The van der Waals surface area contributed by atoms with E-state index in [1.165, 1.54) is 11.8 Å². The van der Waals surface area contributed by atoms with Crippen LogP contribution in [0.15, 0.2) is 34.2 Å². The maximum Gasteiger partial charge on any atom is 0.262 e. The minimum Gasteiger partial charge on any atom is -0.396 e. The van der Waals surface area contributed by atoms with Gasteiger partial charge in [-0.15, -0.1) is 0 Å². The van der Waals surface area contributed by atoms with Crippen molar-refractivity contribution in [2.24, 2.45) is 0 Å². The van der Waals surface area contributed by atoms with Gasteiger partial charge in [-0.2, -0.15) is 0 Å². The molecule has 1 atom stereocenters. The molecule has 1 unspecified atom stereocenters. The van der Waals surface area contributed by atoms with Crippen LogP contribution in [0.3, 0.4) is 0 Å². The van der Waals surface area contributed by atoms with Crippen molar-refractivity contribution >= 4 is 28.6 Å². The number of carbonyl (C=O) groups excluding carboxylic acids is 1. The first-order chi connectivity index (χ1) is 12.8. The molecular formula is C20H29N3O3S. The third-order valence-electron chi connectivity index (χ3n) is 4.36. The number of thioether (sulfide) groups is 1. The third kappa shape index (κ3) is 4.90. The lowest BCUT2D eigenvalue weighted by atomic mass is 10.2. The molecule has 0 saturated heterocycles. The zero-order valence-corrected chi connectivity index (χ0v) is 17.5. The average molecular weight is 392 g/mol. The highest BCUT2D eigenvalue weighted by molar-refractivity contribution is 8.00. The van der Waals surface area contributed by atoms with E-state index in [1.54, 1.807) is 16.7 Å². The first kappa shape index (κ1) is 21.4. The number of rotatable bonds is 8. The fraction of sp³-hybridized carbons (Fsp3) is 0.550. The number of benzene rings is 1. The van der Waals surface area contributed by atoms with Crippen molar-refractivity contribution in [3.8, 4) is 0 Å². The molecular weight excluding hydrogens is 362 g/mol. The number of para-hydroxylation sites is 1. The Hall–Kier alpha value is -1.86. The van der Waals surface area contributed by atoms with Crippen LogP contribution in [-0.2, 0) is 11.3 Å². The predicted molar refractivity (Wildman–Crippen MR) is 110 cm³/mol. The van der Waals surface area contributed by atoms with Gasteiger partial charge in [0.1, 0.15) is 0 Å². The van der Waals surface area contributed by atoms with Crippen LogP contribution < -0.4 is 5.56 Å². The lowest BCUT2D eigenvalue weighted by Gasteiger charge is -2.33. The Morgan fingerprint density at radius 2 is 1.81 bits per heavy atom. The molecule has 0 aliphatic carbocycles. The van der Waals surface area contributed by atoms with Crippen LogP contribution in [0, 0.1) is 0 Å². The SMILES string of the molecule is CC(Sc1nc2ccccc2c(=O)n1CCCO)C(=O)N(C(C)C)C(C)C. The number of aromatic nitrogens is 2. The second kappa shape index (κ2) is 9.37. The Labute approximate surface area is 164 Å². The summed E-state index contributed by atoms with van der Waals surface area (Å²) in [5.74, 6) is 0.0288. The monoisotopic (exact) mass is 391 g/mol. The molecule has 1 heterocycles. The van der Waals surface area contributed by atoms with E-state index in [1.807, 2.05) is 51.7 Å². The Morgan fingerprint density at radius 3 is 2.41 bits per heavy atom. The molecule has 2 rings (SSSR count). The first-order valence-electron chi connectivity index (χ1n) is 9.37. The second-order valence-electron chi connectivity index (χ2n) is 7.14. The van der Waals surface area contributed by atoms with E-state index < -0.39 is 0 Å². The number of hydrogen-bond donors (Lipinski definition) is 1. The topological polar surface area (TPSA) is 75.4 Å². The van der Waals surface area contributed by atoms with Gasteiger partial charge in [0.05, 0.1) is 16.2 Å². The van der Waals surface area contributed by atoms with E-state index in [9.17, 15) is 14.7 Å². The van der Waals surface area contributed by atoms with Crippen LogP contribution in [0.25, 0.3) is 10.9 Å². The van der Waals surface area contributed by atoms with Crippen molar-refractivity contribution in [2.45, 2.75) is 70.1 Å². The highest BCUT2D eigenvalue weighted by Gasteiger charge is 2.27. The van der Waals surface area contributed by atoms with Gasteiger partial charge in [-0.1, -0.05) is 23.9 Å². The molecule has 6 nitrogen and oxygen atoms in total. The fourth-order valence-electron chi connectivity index (χ4n) is 3.19. The summed E-state index contributed by atoms with van der Waals surface area (Å²) in [4.78, 5) is 32.3. The van der Waals surface area contributed by atoms with Gasteiger partial charge < -0.3 is 10.0 Å². The molecule has 0 aliphatic heterocycles. The lowest BCUT2D eigenvalue weighted by Crippen LogP contribution is -2.45. The summed E-state index contributed by atoms with van der Waals surface area (Å²) in [7, 11) is 0. The van der Waals surface area contributed by atoms with E-state index in [2.05, 4.69) is 4.98 Å². The zero-order valence-electron chi connectivity index (χ0n) is 16.7. The van der Waals surface area contributed by atoms with E-state index in [-0.39, 0.29) is 35.4 Å².